The van der Waals surface area contributed by atoms with Crippen molar-refractivity contribution in [3.8, 4) is 6.07 Å². The van der Waals surface area contributed by atoms with Crippen molar-refractivity contribution >= 4 is 0 Å². The van der Waals surface area contributed by atoms with E-state index in [2.05, 4.69) is 12.2 Å². The first-order valence-electron chi connectivity index (χ1n) is 7.25. The summed E-state index contributed by atoms with van der Waals surface area (Å²) in [5, 5.41) is 11.9. The van der Waals surface area contributed by atoms with E-state index >= 15 is 0 Å². The Hall–Kier alpha value is -1.47. The lowest BCUT2D eigenvalue weighted by atomic mass is 9.84. The molecule has 0 heterocycles. The minimum atomic E-state index is -0.642. The van der Waals surface area contributed by atoms with Crippen molar-refractivity contribution in [2.75, 3.05) is 0 Å². The molecule has 2 atom stereocenters. The normalized spacial score (nSPS) is 22.5. The van der Waals surface area contributed by atoms with Crippen molar-refractivity contribution in [1.29, 1.82) is 5.26 Å². The highest BCUT2D eigenvalue weighted by atomic mass is 19.1. The van der Waals surface area contributed by atoms with Crippen LogP contribution in [0.3, 0.4) is 0 Å². The predicted molar refractivity (Wildman–Crippen MR) is 73.9 cm³/mol. The van der Waals surface area contributed by atoms with Crippen LogP contribution in [0.2, 0.25) is 0 Å². The first-order chi connectivity index (χ1) is 9.63. The Morgan fingerprint density at radius 3 is 2.60 bits per heavy atom. The van der Waals surface area contributed by atoms with E-state index in [0.717, 1.165) is 37.3 Å². The third-order valence-electron chi connectivity index (χ3n) is 4.20. The summed E-state index contributed by atoms with van der Waals surface area (Å²) < 4.78 is 27.5. The zero-order chi connectivity index (χ0) is 14.5. The highest BCUT2D eigenvalue weighted by molar-refractivity contribution is 5.34. The van der Waals surface area contributed by atoms with Gasteiger partial charge in [-0.05, 0) is 30.9 Å². The Morgan fingerprint density at radius 2 is 2.00 bits per heavy atom. The zero-order valence-corrected chi connectivity index (χ0v) is 11.8. The van der Waals surface area contributed by atoms with E-state index < -0.39 is 11.6 Å². The third-order valence-corrected chi connectivity index (χ3v) is 4.20. The molecule has 1 aliphatic rings. The second kappa shape index (κ2) is 6.81. The largest absolute Gasteiger partial charge is 0.310 e. The van der Waals surface area contributed by atoms with E-state index in [9.17, 15) is 8.78 Å². The molecule has 1 aliphatic carbocycles. The minimum Gasteiger partial charge on any atom is -0.310 e. The second-order valence-corrected chi connectivity index (χ2v) is 5.55. The van der Waals surface area contributed by atoms with Crippen LogP contribution < -0.4 is 5.32 Å². The predicted octanol–water partition coefficient (Wildman–Crippen LogP) is 3.89. The van der Waals surface area contributed by atoms with Gasteiger partial charge in [0.05, 0.1) is 11.6 Å². The maximum Gasteiger partial charge on any atom is 0.131 e. The number of rotatable bonds is 4. The van der Waals surface area contributed by atoms with Crippen molar-refractivity contribution in [1.82, 2.24) is 5.32 Å². The molecule has 0 aliphatic heterocycles. The van der Waals surface area contributed by atoms with Crippen molar-refractivity contribution in [2.45, 2.75) is 51.6 Å². The van der Waals surface area contributed by atoms with E-state index in [1.54, 1.807) is 6.07 Å². The molecule has 20 heavy (non-hydrogen) atoms. The molecule has 0 bridgehead atoms. The Labute approximate surface area is 118 Å². The molecule has 1 N–H and O–H groups in total. The third kappa shape index (κ3) is 3.55. The summed E-state index contributed by atoms with van der Waals surface area (Å²) in [5.41, 5.74) is 0.0510. The Balaban J connectivity index is 1.99. The maximum atomic E-state index is 13.8. The fourth-order valence-corrected chi connectivity index (χ4v) is 2.93. The number of nitrogens with zero attached hydrogens (tertiary/aromatic N) is 1. The summed E-state index contributed by atoms with van der Waals surface area (Å²) in [6, 6.07) is 4.28. The van der Waals surface area contributed by atoms with Gasteiger partial charge in [-0.2, -0.15) is 5.26 Å². The zero-order valence-electron chi connectivity index (χ0n) is 11.8. The average molecular weight is 278 g/mol. The van der Waals surface area contributed by atoms with Gasteiger partial charge in [-0.1, -0.05) is 26.2 Å². The molecular formula is C16H20F2N2. The first kappa shape index (κ1) is 14.9. The van der Waals surface area contributed by atoms with E-state index in [-0.39, 0.29) is 17.7 Å². The molecular weight excluding hydrogens is 258 g/mol. The van der Waals surface area contributed by atoms with Crippen LogP contribution in [0.25, 0.3) is 0 Å². The Morgan fingerprint density at radius 1 is 1.30 bits per heavy atom. The fourth-order valence-electron chi connectivity index (χ4n) is 2.93. The maximum absolute atomic E-state index is 13.8. The SMILES string of the molecule is CCC1CCCC(NCc2c(F)cc(C#N)cc2F)C1. The van der Waals surface area contributed by atoms with Crippen LogP contribution in [0.5, 0.6) is 0 Å². The smallest absolute Gasteiger partial charge is 0.131 e. The fraction of sp³-hybridized carbons (Fsp3) is 0.562. The minimum absolute atomic E-state index is 0.0208. The average Bonchev–Trinajstić information content (AvgIpc) is 2.46. The second-order valence-electron chi connectivity index (χ2n) is 5.55. The first-order valence-corrected chi connectivity index (χ1v) is 7.25. The molecule has 1 saturated carbocycles. The summed E-state index contributed by atoms with van der Waals surface area (Å²) in [6.45, 7) is 2.37. The van der Waals surface area contributed by atoms with Gasteiger partial charge in [0.2, 0.25) is 0 Å². The van der Waals surface area contributed by atoms with Crippen molar-refractivity contribution in [3.63, 3.8) is 0 Å². The van der Waals surface area contributed by atoms with Crippen molar-refractivity contribution in [3.05, 3.63) is 34.9 Å². The van der Waals surface area contributed by atoms with E-state index in [1.807, 2.05) is 0 Å². The highest BCUT2D eigenvalue weighted by Gasteiger charge is 2.21. The lowest BCUT2D eigenvalue weighted by molar-refractivity contribution is 0.277. The van der Waals surface area contributed by atoms with Crippen LogP contribution in [0, 0.1) is 28.9 Å². The lowest BCUT2D eigenvalue weighted by Crippen LogP contribution is -2.34. The Kier molecular flexibility index (Phi) is 5.08. The van der Waals surface area contributed by atoms with Crippen LogP contribution in [0.15, 0.2) is 12.1 Å². The van der Waals surface area contributed by atoms with Crippen LogP contribution >= 0.6 is 0 Å². The van der Waals surface area contributed by atoms with Gasteiger partial charge in [-0.25, -0.2) is 8.78 Å². The summed E-state index contributed by atoms with van der Waals surface area (Å²) in [4.78, 5) is 0. The summed E-state index contributed by atoms with van der Waals surface area (Å²) in [7, 11) is 0. The number of nitriles is 1. The van der Waals surface area contributed by atoms with Crippen LogP contribution in [-0.2, 0) is 6.54 Å². The monoisotopic (exact) mass is 278 g/mol. The molecule has 2 unspecified atom stereocenters. The molecule has 108 valence electrons. The molecule has 0 spiro atoms. The van der Waals surface area contributed by atoms with Crippen LogP contribution in [0.4, 0.5) is 8.78 Å². The molecule has 0 amide bonds. The summed E-state index contributed by atoms with van der Waals surface area (Å²) in [6.07, 6.45) is 5.74. The van der Waals surface area contributed by atoms with Gasteiger partial charge < -0.3 is 5.32 Å². The van der Waals surface area contributed by atoms with Gasteiger partial charge in [0.1, 0.15) is 11.6 Å². The topological polar surface area (TPSA) is 35.8 Å². The summed E-state index contributed by atoms with van der Waals surface area (Å²) >= 11 is 0. The number of hydrogen-bond acceptors (Lipinski definition) is 2. The number of benzene rings is 1. The van der Waals surface area contributed by atoms with Crippen LogP contribution in [-0.4, -0.2) is 6.04 Å². The Bertz CT molecular complexity index is 485. The molecule has 2 rings (SSSR count). The lowest BCUT2D eigenvalue weighted by Gasteiger charge is -2.29. The number of halogens is 2. The standard InChI is InChI=1S/C16H20F2N2/c1-2-11-4-3-5-13(6-11)20-10-14-15(17)7-12(9-19)8-16(14)18/h7-8,11,13,20H,2-6,10H2,1H3. The number of hydrogen-bond donors (Lipinski definition) is 1. The van der Waals surface area contributed by atoms with Gasteiger partial charge in [-0.15, -0.1) is 0 Å². The molecule has 1 aromatic carbocycles. The van der Waals surface area contributed by atoms with E-state index in [0.29, 0.717) is 6.04 Å². The van der Waals surface area contributed by atoms with Gasteiger partial charge >= 0.3 is 0 Å². The molecule has 1 aromatic rings. The van der Waals surface area contributed by atoms with Gasteiger partial charge in [0.25, 0.3) is 0 Å². The van der Waals surface area contributed by atoms with E-state index in [4.69, 9.17) is 5.26 Å². The molecule has 0 aromatic heterocycles. The van der Waals surface area contributed by atoms with Crippen LogP contribution in [0.1, 0.15) is 50.2 Å². The molecule has 0 saturated heterocycles. The quantitative estimate of drug-likeness (QED) is 0.906. The summed E-state index contributed by atoms with van der Waals surface area (Å²) in [5.74, 6) is -0.564. The highest BCUT2D eigenvalue weighted by Crippen LogP contribution is 2.27. The van der Waals surface area contributed by atoms with Gasteiger partial charge in [0, 0.05) is 18.2 Å². The molecule has 4 heteroatoms. The number of nitrogens with one attached hydrogen (secondary N) is 1. The molecule has 1 fully saturated rings. The van der Waals surface area contributed by atoms with Gasteiger partial charge in [-0.3, -0.25) is 0 Å². The van der Waals surface area contributed by atoms with Crippen molar-refractivity contribution < 1.29 is 8.78 Å². The molecule has 0 radical (unpaired) electrons. The van der Waals surface area contributed by atoms with E-state index in [1.165, 1.54) is 12.8 Å². The van der Waals surface area contributed by atoms with Crippen molar-refractivity contribution in [2.24, 2.45) is 5.92 Å². The molecule has 2 nitrogen and oxygen atoms in total. The van der Waals surface area contributed by atoms with Gasteiger partial charge in [0.15, 0.2) is 0 Å².